The van der Waals surface area contributed by atoms with Crippen LogP contribution >= 0.6 is 0 Å². The van der Waals surface area contributed by atoms with Gasteiger partial charge in [0.05, 0.1) is 12.6 Å². The molecule has 0 aromatic heterocycles. The third-order valence-corrected chi connectivity index (χ3v) is 4.19. The van der Waals surface area contributed by atoms with Gasteiger partial charge in [0.1, 0.15) is 0 Å². The fraction of sp³-hybridized carbons (Fsp3) is 0.562. The summed E-state index contributed by atoms with van der Waals surface area (Å²) in [7, 11) is 0. The molecule has 1 fully saturated rings. The molecule has 1 aliphatic heterocycles. The quantitative estimate of drug-likeness (QED) is 0.888. The van der Waals surface area contributed by atoms with Crippen LogP contribution in [0.2, 0.25) is 0 Å². The number of aryl methyl sites for hydroxylation is 2. The minimum atomic E-state index is -0.0406. The van der Waals surface area contributed by atoms with Crippen molar-refractivity contribution in [3.05, 3.63) is 34.9 Å². The summed E-state index contributed by atoms with van der Waals surface area (Å²) in [6.45, 7) is 6.88. The number of amides is 1. The number of hydrogen-bond acceptors (Lipinski definition) is 2. The van der Waals surface area contributed by atoms with Crippen LogP contribution in [0, 0.1) is 19.8 Å². The molecule has 0 bridgehead atoms. The van der Waals surface area contributed by atoms with Gasteiger partial charge < -0.3 is 10.0 Å². The van der Waals surface area contributed by atoms with Crippen molar-refractivity contribution < 1.29 is 9.90 Å². The zero-order chi connectivity index (χ0) is 14.0. The normalized spacial score (nSPS) is 23.5. The van der Waals surface area contributed by atoms with Crippen LogP contribution < -0.4 is 0 Å². The lowest BCUT2D eigenvalue weighted by Gasteiger charge is -2.39. The summed E-state index contributed by atoms with van der Waals surface area (Å²) in [4.78, 5) is 14.6. The number of aliphatic hydroxyl groups is 1. The van der Waals surface area contributed by atoms with Gasteiger partial charge in [-0.25, -0.2) is 0 Å². The molecule has 1 saturated heterocycles. The van der Waals surface area contributed by atoms with Gasteiger partial charge in [-0.1, -0.05) is 24.6 Å². The molecule has 0 radical (unpaired) electrons. The highest BCUT2D eigenvalue weighted by atomic mass is 16.3. The molecule has 1 aliphatic rings. The number of aliphatic hydroxyl groups excluding tert-OH is 1. The molecule has 1 aromatic carbocycles. The summed E-state index contributed by atoms with van der Waals surface area (Å²) in [5.41, 5.74) is 2.87. The average Bonchev–Trinajstić information content (AvgIpc) is 2.40. The first-order chi connectivity index (χ1) is 9.04. The second kappa shape index (κ2) is 5.74. The van der Waals surface area contributed by atoms with E-state index in [-0.39, 0.29) is 18.6 Å². The van der Waals surface area contributed by atoms with Crippen LogP contribution in [0.4, 0.5) is 0 Å². The molecule has 3 heteroatoms. The number of hydrogen-bond donors (Lipinski definition) is 1. The second-order valence-corrected chi connectivity index (χ2v) is 5.69. The first-order valence-electron chi connectivity index (χ1n) is 7.03. The van der Waals surface area contributed by atoms with Crippen molar-refractivity contribution in [2.24, 2.45) is 5.92 Å². The highest BCUT2D eigenvalue weighted by Gasteiger charge is 2.32. The van der Waals surface area contributed by atoms with Gasteiger partial charge >= 0.3 is 0 Å². The maximum absolute atomic E-state index is 12.7. The standard InChI is InChI=1S/C16H23NO2/c1-11-6-7-12(2)14(9-11)16(19)17-8-4-5-13(3)15(17)10-18/h6-7,9,13,15,18H,4-5,8,10H2,1-3H3/t13-,15-/m1/s1. The summed E-state index contributed by atoms with van der Waals surface area (Å²) in [6, 6.07) is 5.92. The Kier molecular flexibility index (Phi) is 4.25. The van der Waals surface area contributed by atoms with Crippen LogP contribution in [-0.4, -0.2) is 35.1 Å². The highest BCUT2D eigenvalue weighted by Crippen LogP contribution is 2.25. The minimum absolute atomic E-state index is 0.0406. The van der Waals surface area contributed by atoms with Gasteiger partial charge in [0, 0.05) is 12.1 Å². The minimum Gasteiger partial charge on any atom is -0.394 e. The van der Waals surface area contributed by atoms with E-state index in [4.69, 9.17) is 0 Å². The van der Waals surface area contributed by atoms with Crippen LogP contribution in [0.5, 0.6) is 0 Å². The molecule has 2 rings (SSSR count). The van der Waals surface area contributed by atoms with Gasteiger partial charge in [-0.2, -0.15) is 0 Å². The third kappa shape index (κ3) is 2.81. The summed E-state index contributed by atoms with van der Waals surface area (Å²) < 4.78 is 0. The monoisotopic (exact) mass is 261 g/mol. The van der Waals surface area contributed by atoms with Crippen LogP contribution in [-0.2, 0) is 0 Å². The lowest BCUT2D eigenvalue weighted by Crippen LogP contribution is -2.49. The first kappa shape index (κ1) is 14.1. The van der Waals surface area contributed by atoms with Gasteiger partial charge in [0.15, 0.2) is 0 Å². The molecule has 1 heterocycles. The number of piperidine rings is 1. The van der Waals surface area contributed by atoms with E-state index in [9.17, 15) is 9.90 Å². The van der Waals surface area contributed by atoms with Crippen LogP contribution in [0.15, 0.2) is 18.2 Å². The van der Waals surface area contributed by atoms with Crippen molar-refractivity contribution in [2.45, 2.75) is 39.7 Å². The summed E-state index contributed by atoms with van der Waals surface area (Å²) in [5, 5.41) is 9.56. The van der Waals surface area contributed by atoms with E-state index in [1.807, 2.05) is 36.9 Å². The first-order valence-corrected chi connectivity index (χ1v) is 7.03. The third-order valence-electron chi connectivity index (χ3n) is 4.19. The molecule has 1 N–H and O–H groups in total. The molecule has 0 saturated carbocycles. The molecule has 3 nitrogen and oxygen atoms in total. The maximum Gasteiger partial charge on any atom is 0.254 e. The van der Waals surface area contributed by atoms with E-state index in [0.717, 1.165) is 36.1 Å². The lowest BCUT2D eigenvalue weighted by atomic mass is 9.90. The number of likely N-dealkylation sites (tertiary alicyclic amines) is 1. The zero-order valence-electron chi connectivity index (χ0n) is 12.0. The largest absolute Gasteiger partial charge is 0.394 e. The summed E-state index contributed by atoms with van der Waals surface area (Å²) in [6.07, 6.45) is 2.11. The smallest absolute Gasteiger partial charge is 0.254 e. The zero-order valence-corrected chi connectivity index (χ0v) is 12.0. The Hall–Kier alpha value is -1.35. The van der Waals surface area contributed by atoms with Gasteiger partial charge in [-0.15, -0.1) is 0 Å². The molecule has 0 unspecified atom stereocenters. The van der Waals surface area contributed by atoms with Crippen LogP contribution in [0.1, 0.15) is 41.3 Å². The molecule has 1 aromatic rings. The lowest BCUT2D eigenvalue weighted by molar-refractivity contribution is 0.0357. The van der Waals surface area contributed by atoms with E-state index in [2.05, 4.69) is 6.92 Å². The van der Waals surface area contributed by atoms with Crippen LogP contribution in [0.3, 0.4) is 0 Å². The van der Waals surface area contributed by atoms with Crippen LogP contribution in [0.25, 0.3) is 0 Å². The molecule has 0 aliphatic carbocycles. The summed E-state index contributed by atoms with van der Waals surface area (Å²) in [5.74, 6) is 0.430. The Labute approximate surface area is 115 Å². The SMILES string of the molecule is Cc1ccc(C)c(C(=O)N2CCC[C@@H](C)[C@H]2CO)c1. The van der Waals surface area contributed by atoms with Crippen molar-refractivity contribution >= 4 is 5.91 Å². The molecular weight excluding hydrogens is 238 g/mol. The van der Waals surface area contributed by atoms with Crippen molar-refractivity contribution in [1.82, 2.24) is 4.90 Å². The Morgan fingerprint density at radius 2 is 2.16 bits per heavy atom. The van der Waals surface area contributed by atoms with Gasteiger partial charge in [-0.05, 0) is 44.2 Å². The van der Waals surface area contributed by atoms with Gasteiger partial charge in [0.2, 0.25) is 0 Å². The highest BCUT2D eigenvalue weighted by molar-refractivity contribution is 5.96. The fourth-order valence-electron chi connectivity index (χ4n) is 2.90. The Morgan fingerprint density at radius 3 is 2.84 bits per heavy atom. The van der Waals surface area contributed by atoms with E-state index >= 15 is 0 Å². The Balaban J connectivity index is 2.29. The molecular formula is C16H23NO2. The topological polar surface area (TPSA) is 40.5 Å². The molecule has 0 spiro atoms. The van der Waals surface area contributed by atoms with E-state index in [0.29, 0.717) is 5.92 Å². The second-order valence-electron chi connectivity index (χ2n) is 5.69. The van der Waals surface area contributed by atoms with Gasteiger partial charge in [0.25, 0.3) is 5.91 Å². The van der Waals surface area contributed by atoms with E-state index < -0.39 is 0 Å². The number of nitrogens with zero attached hydrogens (tertiary/aromatic N) is 1. The Bertz CT molecular complexity index is 470. The van der Waals surface area contributed by atoms with Crippen molar-refractivity contribution in [1.29, 1.82) is 0 Å². The predicted octanol–water partition coefficient (Wildman–Crippen LogP) is 2.54. The molecule has 1 amide bonds. The Morgan fingerprint density at radius 1 is 1.42 bits per heavy atom. The number of carbonyl (C=O) groups excluding carboxylic acids is 1. The van der Waals surface area contributed by atoms with Gasteiger partial charge in [-0.3, -0.25) is 4.79 Å². The van der Waals surface area contributed by atoms with E-state index in [1.165, 1.54) is 0 Å². The van der Waals surface area contributed by atoms with Crippen molar-refractivity contribution in [2.75, 3.05) is 13.2 Å². The number of benzene rings is 1. The molecule has 2 atom stereocenters. The predicted molar refractivity (Wildman–Crippen MR) is 76.2 cm³/mol. The van der Waals surface area contributed by atoms with Crippen molar-refractivity contribution in [3.8, 4) is 0 Å². The molecule has 104 valence electrons. The number of carbonyl (C=O) groups is 1. The van der Waals surface area contributed by atoms with Crippen molar-refractivity contribution in [3.63, 3.8) is 0 Å². The fourth-order valence-corrected chi connectivity index (χ4v) is 2.90. The maximum atomic E-state index is 12.7. The summed E-state index contributed by atoms with van der Waals surface area (Å²) >= 11 is 0. The average molecular weight is 261 g/mol. The number of rotatable bonds is 2. The molecule has 19 heavy (non-hydrogen) atoms. The van der Waals surface area contributed by atoms with E-state index in [1.54, 1.807) is 0 Å².